The lowest BCUT2D eigenvalue weighted by atomic mass is 10.1. The van der Waals surface area contributed by atoms with Gasteiger partial charge in [0.05, 0.1) is 17.7 Å². The Balaban J connectivity index is 1.63. The van der Waals surface area contributed by atoms with E-state index in [-0.39, 0.29) is 34.6 Å². The van der Waals surface area contributed by atoms with E-state index in [1.54, 1.807) is 48.5 Å². The first-order valence-corrected chi connectivity index (χ1v) is 9.50. The number of fused-ring (bicyclic) bond motifs is 1. The molecule has 6 heteroatoms. The molecule has 0 amide bonds. The first-order valence-electron chi connectivity index (χ1n) is 9.13. The average molecular weight is 423 g/mol. The normalized spacial score (nSPS) is 12.7. The van der Waals surface area contributed by atoms with E-state index in [9.17, 15) is 14.0 Å². The topological polar surface area (TPSA) is 52.6 Å². The predicted octanol–water partition coefficient (Wildman–Crippen LogP) is 5.53. The number of ether oxygens (including phenoxy) is 2. The lowest BCUT2D eigenvalue weighted by molar-refractivity contribution is 0.0990. The summed E-state index contributed by atoms with van der Waals surface area (Å²) in [5.74, 6) is -0.292. The Labute approximate surface area is 177 Å². The summed E-state index contributed by atoms with van der Waals surface area (Å²) in [4.78, 5) is 25.2. The highest BCUT2D eigenvalue weighted by Crippen LogP contribution is 2.38. The molecule has 0 fully saturated rings. The van der Waals surface area contributed by atoms with Crippen LogP contribution in [-0.2, 0) is 6.61 Å². The van der Waals surface area contributed by atoms with E-state index in [1.807, 2.05) is 0 Å². The van der Waals surface area contributed by atoms with Gasteiger partial charge in [0, 0.05) is 11.1 Å². The molecule has 0 N–H and O–H groups in total. The van der Waals surface area contributed by atoms with Gasteiger partial charge in [-0.2, -0.15) is 0 Å². The van der Waals surface area contributed by atoms with Crippen molar-refractivity contribution in [3.05, 3.63) is 99.3 Å². The van der Waals surface area contributed by atoms with E-state index in [0.717, 1.165) is 5.56 Å². The van der Waals surface area contributed by atoms with Gasteiger partial charge in [-0.3, -0.25) is 9.59 Å². The summed E-state index contributed by atoms with van der Waals surface area (Å²) in [5.41, 5.74) is 2.17. The van der Waals surface area contributed by atoms with E-state index in [2.05, 4.69) is 0 Å². The van der Waals surface area contributed by atoms with Crippen LogP contribution in [0.25, 0.3) is 6.08 Å². The number of carbonyl (C=O) groups is 2. The van der Waals surface area contributed by atoms with Crippen LogP contribution in [0.2, 0.25) is 5.02 Å². The summed E-state index contributed by atoms with van der Waals surface area (Å²) in [7, 11) is 1.47. The summed E-state index contributed by atoms with van der Waals surface area (Å²) in [6.45, 7) is 0.170. The van der Waals surface area contributed by atoms with Crippen LogP contribution in [-0.4, -0.2) is 18.7 Å². The van der Waals surface area contributed by atoms with Crippen molar-refractivity contribution in [2.24, 2.45) is 0 Å². The molecule has 0 saturated carbocycles. The van der Waals surface area contributed by atoms with E-state index in [0.29, 0.717) is 28.2 Å². The van der Waals surface area contributed by atoms with Gasteiger partial charge in [0.1, 0.15) is 12.4 Å². The molecule has 0 atom stereocenters. The molecular formula is C24H16ClFO4. The number of hydrogen-bond acceptors (Lipinski definition) is 4. The fourth-order valence-electron chi connectivity index (χ4n) is 3.27. The highest BCUT2D eigenvalue weighted by molar-refractivity contribution is 6.41. The molecule has 4 rings (SSSR count). The number of halogens is 2. The van der Waals surface area contributed by atoms with Crippen LogP contribution in [0.5, 0.6) is 11.5 Å². The molecule has 0 bridgehead atoms. The van der Waals surface area contributed by atoms with Gasteiger partial charge >= 0.3 is 0 Å². The molecular weight excluding hydrogens is 407 g/mol. The molecule has 30 heavy (non-hydrogen) atoms. The number of allylic oxidation sites excluding steroid dienone is 1. The zero-order chi connectivity index (χ0) is 21.3. The third-order valence-corrected chi connectivity index (χ3v) is 5.05. The molecule has 4 nitrogen and oxygen atoms in total. The monoisotopic (exact) mass is 422 g/mol. The lowest BCUT2D eigenvalue weighted by Crippen LogP contribution is -2.01. The van der Waals surface area contributed by atoms with Crippen molar-refractivity contribution in [3.63, 3.8) is 0 Å². The third kappa shape index (κ3) is 3.72. The number of Topliss-reactive ketones (excluding diaryl/α,β-unsaturated/α-hetero) is 2. The van der Waals surface area contributed by atoms with E-state index in [4.69, 9.17) is 21.1 Å². The number of rotatable bonds is 5. The standard InChI is InChI=1S/C24H16ClFO4/c1-29-21-12-15(10-19-22(27)17-4-2-3-5-18(17)23(19)28)11-20(25)24(21)30-13-14-6-8-16(26)9-7-14/h2-12H,13H2,1H3. The Kier molecular flexibility index (Phi) is 5.38. The maximum Gasteiger partial charge on any atom is 0.197 e. The fraction of sp³-hybridized carbons (Fsp3) is 0.0833. The molecule has 0 spiro atoms. The maximum atomic E-state index is 13.1. The van der Waals surface area contributed by atoms with Gasteiger partial charge in [0.2, 0.25) is 0 Å². The summed E-state index contributed by atoms with van der Waals surface area (Å²) in [6, 6.07) is 15.9. The third-order valence-electron chi connectivity index (χ3n) is 4.76. The van der Waals surface area contributed by atoms with Gasteiger partial charge < -0.3 is 9.47 Å². The number of ketones is 2. The van der Waals surface area contributed by atoms with Crippen molar-refractivity contribution in [1.29, 1.82) is 0 Å². The summed E-state index contributed by atoms with van der Waals surface area (Å²) in [5, 5.41) is 0.263. The van der Waals surface area contributed by atoms with E-state index >= 15 is 0 Å². The molecule has 1 aliphatic carbocycles. The Morgan fingerprint density at radius 2 is 1.60 bits per heavy atom. The van der Waals surface area contributed by atoms with Crippen LogP contribution in [0.3, 0.4) is 0 Å². The quantitative estimate of drug-likeness (QED) is 0.400. The maximum absolute atomic E-state index is 13.1. The highest BCUT2D eigenvalue weighted by Gasteiger charge is 2.32. The second-order valence-electron chi connectivity index (χ2n) is 6.71. The van der Waals surface area contributed by atoms with Crippen molar-refractivity contribution in [1.82, 2.24) is 0 Å². The van der Waals surface area contributed by atoms with Gasteiger partial charge in [-0.05, 0) is 41.5 Å². The van der Waals surface area contributed by atoms with Crippen molar-refractivity contribution in [2.75, 3.05) is 7.11 Å². The number of hydrogen-bond donors (Lipinski definition) is 0. The molecule has 0 aromatic heterocycles. The number of methoxy groups -OCH3 is 1. The second kappa shape index (κ2) is 8.13. The Morgan fingerprint density at radius 1 is 0.967 bits per heavy atom. The molecule has 3 aromatic carbocycles. The molecule has 0 saturated heterocycles. The fourth-order valence-corrected chi connectivity index (χ4v) is 3.54. The number of carbonyl (C=O) groups excluding carboxylic acids is 2. The van der Waals surface area contributed by atoms with Crippen LogP contribution >= 0.6 is 11.6 Å². The summed E-state index contributed by atoms with van der Waals surface area (Å²) in [6.07, 6.45) is 1.50. The minimum atomic E-state index is -0.329. The number of benzene rings is 3. The smallest absolute Gasteiger partial charge is 0.197 e. The minimum absolute atomic E-state index is 0.0781. The molecule has 1 aliphatic rings. The van der Waals surface area contributed by atoms with Gasteiger partial charge in [-0.1, -0.05) is 48.0 Å². The van der Waals surface area contributed by atoms with Crippen LogP contribution in [0, 0.1) is 5.82 Å². The molecule has 0 radical (unpaired) electrons. The van der Waals surface area contributed by atoms with Gasteiger partial charge in [-0.25, -0.2) is 4.39 Å². The Hall–Kier alpha value is -3.44. The predicted molar refractivity (Wildman–Crippen MR) is 112 cm³/mol. The molecule has 0 unspecified atom stereocenters. The largest absolute Gasteiger partial charge is 0.493 e. The Bertz CT molecular complexity index is 1150. The van der Waals surface area contributed by atoms with Gasteiger partial charge in [0.25, 0.3) is 0 Å². The summed E-state index contributed by atoms with van der Waals surface area (Å²) >= 11 is 6.39. The van der Waals surface area contributed by atoms with Crippen molar-refractivity contribution in [3.8, 4) is 11.5 Å². The molecule has 3 aromatic rings. The molecule has 0 heterocycles. The van der Waals surface area contributed by atoms with Crippen LogP contribution in [0.1, 0.15) is 31.8 Å². The summed E-state index contributed by atoms with van der Waals surface area (Å²) < 4.78 is 24.2. The first kappa shape index (κ1) is 19.9. The van der Waals surface area contributed by atoms with Crippen molar-refractivity contribution < 1.29 is 23.5 Å². The zero-order valence-electron chi connectivity index (χ0n) is 15.9. The SMILES string of the molecule is COc1cc(C=C2C(=O)c3ccccc3C2=O)cc(Cl)c1OCc1ccc(F)cc1. The lowest BCUT2D eigenvalue weighted by Gasteiger charge is -2.13. The van der Waals surface area contributed by atoms with Crippen molar-refractivity contribution in [2.45, 2.75) is 6.61 Å². The molecule has 150 valence electrons. The van der Waals surface area contributed by atoms with Crippen LogP contribution < -0.4 is 9.47 Å². The van der Waals surface area contributed by atoms with E-state index in [1.165, 1.54) is 25.3 Å². The average Bonchev–Trinajstić information content (AvgIpc) is 2.99. The van der Waals surface area contributed by atoms with Gasteiger partial charge in [0.15, 0.2) is 23.1 Å². The minimum Gasteiger partial charge on any atom is -0.493 e. The zero-order valence-corrected chi connectivity index (χ0v) is 16.7. The van der Waals surface area contributed by atoms with Crippen LogP contribution in [0.4, 0.5) is 4.39 Å². The van der Waals surface area contributed by atoms with E-state index < -0.39 is 0 Å². The second-order valence-corrected chi connectivity index (χ2v) is 7.12. The van der Waals surface area contributed by atoms with Gasteiger partial charge in [-0.15, -0.1) is 0 Å². The Morgan fingerprint density at radius 3 is 2.20 bits per heavy atom. The first-order chi connectivity index (χ1) is 14.5. The van der Waals surface area contributed by atoms with Crippen molar-refractivity contribution >= 4 is 29.2 Å². The molecule has 0 aliphatic heterocycles. The van der Waals surface area contributed by atoms with Crippen LogP contribution in [0.15, 0.2) is 66.2 Å². The highest BCUT2D eigenvalue weighted by atomic mass is 35.5.